The summed E-state index contributed by atoms with van der Waals surface area (Å²) in [4.78, 5) is 0. The molecule has 7 heavy (non-hydrogen) atoms. The van der Waals surface area contributed by atoms with Crippen LogP contribution in [0.1, 0.15) is 6.92 Å². The van der Waals surface area contributed by atoms with E-state index >= 15 is 0 Å². The minimum Gasteiger partial charge on any atom is -0.622 e. The number of hydrogen-bond acceptors (Lipinski definition) is 3. The molecule has 0 aliphatic carbocycles. The molecule has 0 saturated heterocycles. The highest BCUT2D eigenvalue weighted by atomic mass is 16.5. The van der Waals surface area contributed by atoms with E-state index in [0.29, 0.717) is 5.84 Å². The first kappa shape index (κ1) is 4.42. The number of rotatable bonds is 0. The minimum atomic E-state index is -0.0833. The van der Waals surface area contributed by atoms with Crippen LogP contribution in [0, 0.1) is 5.21 Å². The van der Waals surface area contributed by atoms with E-state index in [9.17, 15) is 5.21 Å². The monoisotopic (exact) mass is 99.0 g/mol. The Morgan fingerprint density at radius 1 is 1.86 bits per heavy atom. The Labute approximate surface area is 40.7 Å². The van der Waals surface area contributed by atoms with E-state index in [1.807, 2.05) is 0 Å². The van der Waals surface area contributed by atoms with Crippen LogP contribution in [0.5, 0.6) is 0 Å². The summed E-state index contributed by atoms with van der Waals surface area (Å²) >= 11 is 0. The van der Waals surface area contributed by atoms with Crippen molar-refractivity contribution < 1.29 is 5.06 Å². The molecular weight excluding hydrogens is 94.1 g/mol. The maximum Gasteiger partial charge on any atom is 0.223 e. The van der Waals surface area contributed by atoms with Gasteiger partial charge in [-0.3, -0.25) is 5.06 Å². The summed E-state index contributed by atoms with van der Waals surface area (Å²) in [5.74, 6) is 0.472. The molecule has 1 aliphatic heterocycles. The molecule has 1 atom stereocenters. The number of hydrogen-bond donors (Lipinski definition) is 1. The van der Waals surface area contributed by atoms with E-state index in [1.165, 1.54) is 6.34 Å². The van der Waals surface area contributed by atoms with Gasteiger partial charge in [-0.05, 0) is 0 Å². The molecule has 4 nitrogen and oxygen atoms in total. The van der Waals surface area contributed by atoms with Gasteiger partial charge in [0.2, 0.25) is 12.2 Å². The molecule has 0 aromatic rings. The second-order valence-electron chi connectivity index (χ2n) is 1.29. The fourth-order valence-electron chi connectivity index (χ4n) is 0.311. The second kappa shape index (κ2) is 1.40. The number of nitrogens with zero attached hydrogens (tertiary/aromatic N) is 2. The fourth-order valence-corrected chi connectivity index (χ4v) is 0.311. The van der Waals surface area contributed by atoms with Crippen LogP contribution in [0.15, 0.2) is 10.2 Å². The second-order valence-corrected chi connectivity index (χ2v) is 1.29. The van der Waals surface area contributed by atoms with Crippen LogP contribution in [0.2, 0.25) is 0 Å². The van der Waals surface area contributed by atoms with Crippen molar-refractivity contribution in [3.63, 3.8) is 0 Å². The average molecular weight is 99.1 g/mol. The maximum absolute atomic E-state index is 10.3. The fraction of sp³-hybridized carbons (Fsp3) is 0.333. The largest absolute Gasteiger partial charge is 0.622 e. The lowest BCUT2D eigenvalue weighted by Gasteiger charge is -2.06. The number of hydroxylamine groups is 2. The van der Waals surface area contributed by atoms with Gasteiger partial charge in [0.25, 0.3) is 0 Å². The first-order chi connectivity index (χ1) is 3.30. The van der Waals surface area contributed by atoms with Gasteiger partial charge in [-0.2, -0.15) is 0 Å². The SMILES string of the molecule is CC1=NN=C[NH+]1[O-]. The van der Waals surface area contributed by atoms with Gasteiger partial charge in [0.15, 0.2) is 0 Å². The van der Waals surface area contributed by atoms with Gasteiger partial charge in [-0.1, -0.05) is 10.2 Å². The molecule has 0 fully saturated rings. The van der Waals surface area contributed by atoms with E-state index in [1.54, 1.807) is 6.92 Å². The van der Waals surface area contributed by atoms with Gasteiger partial charge in [-0.25, -0.2) is 0 Å². The molecule has 0 spiro atoms. The van der Waals surface area contributed by atoms with Crippen LogP contribution >= 0.6 is 0 Å². The molecule has 1 N–H and O–H groups in total. The minimum absolute atomic E-state index is 0.0833. The third kappa shape index (κ3) is 0.652. The Morgan fingerprint density at radius 3 is 2.71 bits per heavy atom. The lowest BCUT2D eigenvalue weighted by molar-refractivity contribution is -0.624. The Balaban J connectivity index is 2.69. The van der Waals surface area contributed by atoms with Crippen molar-refractivity contribution in [1.29, 1.82) is 0 Å². The zero-order valence-electron chi connectivity index (χ0n) is 3.88. The summed E-state index contributed by atoms with van der Waals surface area (Å²) in [6, 6.07) is 0. The van der Waals surface area contributed by atoms with E-state index in [4.69, 9.17) is 0 Å². The first-order valence-corrected chi connectivity index (χ1v) is 1.92. The summed E-state index contributed by atoms with van der Waals surface area (Å²) in [7, 11) is 0. The smallest absolute Gasteiger partial charge is 0.223 e. The molecule has 0 aromatic carbocycles. The summed E-state index contributed by atoms with van der Waals surface area (Å²) in [6.45, 7) is 1.63. The summed E-state index contributed by atoms with van der Waals surface area (Å²) in [5, 5.41) is 17.0. The Morgan fingerprint density at radius 2 is 2.57 bits per heavy atom. The first-order valence-electron chi connectivity index (χ1n) is 1.92. The van der Waals surface area contributed by atoms with Crippen molar-refractivity contribution in [1.82, 2.24) is 0 Å². The van der Waals surface area contributed by atoms with Crippen molar-refractivity contribution in [2.24, 2.45) is 10.2 Å². The van der Waals surface area contributed by atoms with Crippen LogP contribution in [-0.2, 0) is 0 Å². The molecule has 0 bridgehead atoms. The predicted octanol–water partition coefficient (Wildman–Crippen LogP) is -1.26. The third-order valence-corrected chi connectivity index (χ3v) is 0.739. The van der Waals surface area contributed by atoms with Crippen molar-refractivity contribution >= 4 is 12.2 Å². The Hall–Kier alpha value is -0.740. The topological polar surface area (TPSA) is 52.2 Å². The summed E-state index contributed by atoms with van der Waals surface area (Å²) in [5.41, 5.74) is 0. The molecule has 0 aromatic heterocycles. The standard InChI is InChI=1S/C3H5N3O/c1-3-5-4-2-6(3)7/h2,6H,1H3. The lowest BCUT2D eigenvalue weighted by Crippen LogP contribution is -3.07. The zero-order chi connectivity index (χ0) is 5.28. The number of quaternary nitrogens is 1. The molecule has 38 valence electrons. The van der Waals surface area contributed by atoms with E-state index in [-0.39, 0.29) is 5.06 Å². The van der Waals surface area contributed by atoms with Gasteiger partial charge < -0.3 is 5.21 Å². The van der Waals surface area contributed by atoms with Gasteiger partial charge >= 0.3 is 0 Å². The molecule has 0 amide bonds. The van der Waals surface area contributed by atoms with Crippen LogP contribution in [0.4, 0.5) is 0 Å². The highest BCUT2D eigenvalue weighted by Crippen LogP contribution is 1.71. The van der Waals surface area contributed by atoms with E-state index in [0.717, 1.165) is 0 Å². The van der Waals surface area contributed by atoms with E-state index in [2.05, 4.69) is 10.2 Å². The van der Waals surface area contributed by atoms with E-state index < -0.39 is 0 Å². The quantitative estimate of drug-likeness (QED) is 0.379. The van der Waals surface area contributed by atoms with Crippen molar-refractivity contribution in [2.45, 2.75) is 6.92 Å². The predicted molar refractivity (Wildman–Crippen MR) is 25.9 cm³/mol. The van der Waals surface area contributed by atoms with Crippen molar-refractivity contribution in [3.8, 4) is 0 Å². The molecular formula is C3H5N3O. The molecule has 1 heterocycles. The summed E-state index contributed by atoms with van der Waals surface area (Å²) in [6.07, 6.45) is 1.20. The van der Waals surface area contributed by atoms with Crippen LogP contribution in [0.25, 0.3) is 0 Å². The normalized spacial score (nSPS) is 28.3. The van der Waals surface area contributed by atoms with Gasteiger partial charge in [0.05, 0.1) is 0 Å². The Bertz CT molecular complexity index is 128. The third-order valence-electron chi connectivity index (χ3n) is 0.739. The van der Waals surface area contributed by atoms with Crippen molar-refractivity contribution in [2.75, 3.05) is 0 Å². The van der Waals surface area contributed by atoms with Crippen LogP contribution in [0.3, 0.4) is 0 Å². The molecule has 1 rings (SSSR count). The van der Waals surface area contributed by atoms with Gasteiger partial charge in [-0.15, -0.1) is 0 Å². The summed E-state index contributed by atoms with van der Waals surface area (Å²) < 4.78 is 0. The number of amidine groups is 1. The number of nitrogens with one attached hydrogen (secondary N) is 1. The highest BCUT2D eigenvalue weighted by Gasteiger charge is 2.02. The maximum atomic E-state index is 10.3. The molecule has 0 radical (unpaired) electrons. The van der Waals surface area contributed by atoms with Crippen LogP contribution < -0.4 is 5.06 Å². The van der Waals surface area contributed by atoms with Gasteiger partial charge in [0, 0.05) is 6.92 Å². The van der Waals surface area contributed by atoms with Crippen molar-refractivity contribution in [3.05, 3.63) is 5.21 Å². The molecule has 4 heteroatoms. The molecule has 1 unspecified atom stereocenters. The molecule has 1 aliphatic rings. The Kier molecular flexibility index (Phi) is 0.883. The molecule has 0 saturated carbocycles. The lowest BCUT2D eigenvalue weighted by atomic mass is 10.7. The van der Waals surface area contributed by atoms with Crippen LogP contribution in [-0.4, -0.2) is 12.2 Å². The zero-order valence-corrected chi connectivity index (χ0v) is 3.88. The van der Waals surface area contributed by atoms with Gasteiger partial charge in [0.1, 0.15) is 0 Å². The average Bonchev–Trinajstić information content (AvgIpc) is 1.91. The highest BCUT2D eigenvalue weighted by molar-refractivity contribution is 5.79.